The molecule has 0 saturated carbocycles. The van der Waals surface area contributed by atoms with E-state index in [9.17, 15) is 14.4 Å². The van der Waals surface area contributed by atoms with Gasteiger partial charge in [-0.3, -0.25) is 19.3 Å². The van der Waals surface area contributed by atoms with Gasteiger partial charge in [-0.25, -0.2) is 0 Å². The molecule has 6 nitrogen and oxygen atoms in total. The summed E-state index contributed by atoms with van der Waals surface area (Å²) >= 11 is 0.794. The van der Waals surface area contributed by atoms with E-state index in [1.807, 2.05) is 0 Å². The third-order valence-corrected chi connectivity index (χ3v) is 3.40. The van der Waals surface area contributed by atoms with Gasteiger partial charge in [0.05, 0.1) is 17.6 Å². The smallest absolute Gasteiger partial charge is 0.305 e. The lowest BCUT2D eigenvalue weighted by atomic mass is 10.3. The summed E-state index contributed by atoms with van der Waals surface area (Å²) in [6.07, 6.45) is 6.04. The van der Waals surface area contributed by atoms with Crippen molar-refractivity contribution < 1.29 is 23.9 Å². The molecule has 0 unspecified atom stereocenters. The van der Waals surface area contributed by atoms with Gasteiger partial charge in [-0.1, -0.05) is 6.08 Å². The number of hydrogen-bond donors (Lipinski definition) is 1. The number of furan rings is 1. The number of amides is 2. The molecular formula is C13H11NO5S. The number of carboxylic acids is 1. The summed E-state index contributed by atoms with van der Waals surface area (Å²) in [5.74, 6) is -0.887. The summed E-state index contributed by atoms with van der Waals surface area (Å²) in [6.45, 7) is -0.112. The molecule has 1 fully saturated rings. The molecule has 1 N–H and O–H groups in total. The fourth-order valence-electron chi connectivity index (χ4n) is 1.53. The number of hydrogen-bond acceptors (Lipinski definition) is 5. The van der Waals surface area contributed by atoms with E-state index in [2.05, 4.69) is 0 Å². The Labute approximate surface area is 118 Å². The van der Waals surface area contributed by atoms with Crippen molar-refractivity contribution in [1.29, 1.82) is 0 Å². The Kier molecular flexibility index (Phi) is 4.41. The van der Waals surface area contributed by atoms with Crippen molar-refractivity contribution in [3.63, 3.8) is 0 Å². The van der Waals surface area contributed by atoms with Crippen LogP contribution in [0.25, 0.3) is 6.08 Å². The number of rotatable bonds is 5. The molecule has 0 atom stereocenters. The largest absolute Gasteiger partial charge is 0.481 e. The fourth-order valence-corrected chi connectivity index (χ4v) is 2.35. The second kappa shape index (κ2) is 6.25. The van der Waals surface area contributed by atoms with E-state index in [4.69, 9.17) is 9.52 Å². The van der Waals surface area contributed by atoms with Crippen molar-refractivity contribution >= 4 is 35.0 Å². The van der Waals surface area contributed by atoms with Gasteiger partial charge in [0.25, 0.3) is 11.1 Å². The minimum Gasteiger partial charge on any atom is -0.481 e. The molecule has 1 saturated heterocycles. The summed E-state index contributed by atoms with van der Waals surface area (Å²) in [6, 6.07) is 3.49. The molecule has 104 valence electrons. The molecule has 0 aromatic carbocycles. The molecule has 1 aliphatic heterocycles. The van der Waals surface area contributed by atoms with E-state index >= 15 is 0 Å². The predicted octanol–water partition coefficient (Wildman–Crippen LogP) is 2.35. The molecular weight excluding hydrogens is 282 g/mol. The van der Waals surface area contributed by atoms with Crippen LogP contribution in [0.4, 0.5) is 4.79 Å². The van der Waals surface area contributed by atoms with Crippen molar-refractivity contribution in [2.45, 2.75) is 6.42 Å². The molecule has 7 heteroatoms. The van der Waals surface area contributed by atoms with Crippen molar-refractivity contribution in [2.24, 2.45) is 0 Å². The summed E-state index contributed by atoms with van der Waals surface area (Å²) < 4.78 is 5.08. The fraction of sp³-hybridized carbons (Fsp3) is 0.154. The third kappa shape index (κ3) is 3.39. The highest BCUT2D eigenvalue weighted by molar-refractivity contribution is 8.18. The van der Waals surface area contributed by atoms with Crippen LogP contribution >= 0.6 is 11.8 Å². The van der Waals surface area contributed by atoms with Crippen LogP contribution in [0.2, 0.25) is 0 Å². The number of thioether (sulfide) groups is 1. The van der Waals surface area contributed by atoms with E-state index in [1.165, 1.54) is 12.3 Å². The van der Waals surface area contributed by atoms with Crippen LogP contribution in [-0.2, 0) is 9.59 Å². The molecule has 1 aromatic heterocycles. The first-order valence-corrected chi connectivity index (χ1v) is 6.57. The average Bonchev–Trinajstić information content (AvgIpc) is 2.98. The highest BCUT2D eigenvalue weighted by Gasteiger charge is 2.34. The molecule has 0 radical (unpaired) electrons. The summed E-state index contributed by atoms with van der Waals surface area (Å²) in [5, 5.41) is 8.12. The SMILES string of the molecule is O=C(O)CCN1C(=O)S/C(=C\C=C\c2ccco2)C1=O. The second-order valence-corrected chi connectivity index (χ2v) is 4.87. The monoisotopic (exact) mass is 293 g/mol. The Morgan fingerprint density at radius 1 is 1.45 bits per heavy atom. The van der Waals surface area contributed by atoms with Gasteiger partial charge in [0.2, 0.25) is 0 Å². The Balaban J connectivity index is 2.01. The molecule has 0 bridgehead atoms. The zero-order valence-electron chi connectivity index (χ0n) is 10.3. The minimum absolute atomic E-state index is 0.112. The minimum atomic E-state index is -1.05. The summed E-state index contributed by atoms with van der Waals surface area (Å²) in [4.78, 5) is 35.1. The summed E-state index contributed by atoms with van der Waals surface area (Å²) in [7, 11) is 0. The van der Waals surface area contributed by atoms with Gasteiger partial charge in [0, 0.05) is 6.54 Å². The van der Waals surface area contributed by atoms with Gasteiger partial charge in [0.1, 0.15) is 5.76 Å². The third-order valence-electron chi connectivity index (χ3n) is 2.47. The van der Waals surface area contributed by atoms with Crippen molar-refractivity contribution in [3.05, 3.63) is 41.2 Å². The van der Waals surface area contributed by atoms with Crippen LogP contribution in [0, 0.1) is 0 Å². The predicted molar refractivity (Wildman–Crippen MR) is 72.8 cm³/mol. The van der Waals surface area contributed by atoms with Crippen LogP contribution in [0.3, 0.4) is 0 Å². The van der Waals surface area contributed by atoms with Gasteiger partial charge < -0.3 is 9.52 Å². The van der Waals surface area contributed by atoms with Crippen LogP contribution in [0.15, 0.2) is 39.9 Å². The summed E-state index contributed by atoms with van der Waals surface area (Å²) in [5.41, 5.74) is 0. The van der Waals surface area contributed by atoms with Gasteiger partial charge in [-0.05, 0) is 36.0 Å². The number of carbonyl (C=O) groups is 3. The van der Waals surface area contributed by atoms with E-state index in [1.54, 1.807) is 24.3 Å². The highest BCUT2D eigenvalue weighted by Crippen LogP contribution is 2.30. The van der Waals surface area contributed by atoms with Gasteiger partial charge in [0.15, 0.2) is 0 Å². The van der Waals surface area contributed by atoms with Crippen LogP contribution in [-0.4, -0.2) is 33.7 Å². The first-order chi connectivity index (χ1) is 9.58. The zero-order chi connectivity index (χ0) is 14.5. The molecule has 0 spiro atoms. The normalized spacial score (nSPS) is 17.6. The number of nitrogens with zero attached hydrogens (tertiary/aromatic N) is 1. The molecule has 0 aliphatic carbocycles. The van der Waals surface area contributed by atoms with Gasteiger partial charge in [-0.2, -0.15) is 0 Å². The van der Waals surface area contributed by atoms with Crippen LogP contribution in [0.5, 0.6) is 0 Å². The Morgan fingerprint density at radius 3 is 2.90 bits per heavy atom. The zero-order valence-corrected chi connectivity index (χ0v) is 11.1. The number of allylic oxidation sites excluding steroid dienone is 2. The highest BCUT2D eigenvalue weighted by atomic mass is 32.2. The lowest BCUT2D eigenvalue weighted by Gasteiger charge is -2.09. The molecule has 2 amide bonds. The quantitative estimate of drug-likeness (QED) is 0.838. The Hall–Kier alpha value is -2.28. The average molecular weight is 293 g/mol. The van der Waals surface area contributed by atoms with E-state index in [0.717, 1.165) is 16.7 Å². The molecule has 2 rings (SSSR count). The van der Waals surface area contributed by atoms with Gasteiger partial charge >= 0.3 is 5.97 Å². The van der Waals surface area contributed by atoms with Gasteiger partial charge in [-0.15, -0.1) is 0 Å². The maximum absolute atomic E-state index is 11.9. The van der Waals surface area contributed by atoms with Crippen LogP contribution < -0.4 is 0 Å². The van der Waals surface area contributed by atoms with Crippen molar-refractivity contribution in [1.82, 2.24) is 4.90 Å². The number of imide groups is 1. The number of aliphatic carboxylic acids is 1. The molecule has 1 aliphatic rings. The molecule has 2 heterocycles. The lowest BCUT2D eigenvalue weighted by molar-refractivity contribution is -0.137. The maximum Gasteiger partial charge on any atom is 0.305 e. The topological polar surface area (TPSA) is 87.8 Å². The second-order valence-electron chi connectivity index (χ2n) is 3.87. The van der Waals surface area contributed by atoms with E-state index in [0.29, 0.717) is 5.76 Å². The van der Waals surface area contributed by atoms with Crippen molar-refractivity contribution in [2.75, 3.05) is 6.54 Å². The Morgan fingerprint density at radius 2 is 2.25 bits per heavy atom. The standard InChI is InChI=1S/C13H11NO5S/c15-11(16)6-7-14-12(17)10(20-13(14)18)5-1-3-9-4-2-8-19-9/h1-5,8H,6-7H2,(H,15,16)/b3-1+,10-5-. The Bertz CT molecular complexity index is 588. The lowest BCUT2D eigenvalue weighted by Crippen LogP contribution is -2.30. The van der Waals surface area contributed by atoms with E-state index < -0.39 is 17.1 Å². The first kappa shape index (κ1) is 14.1. The number of carbonyl (C=O) groups excluding carboxylic acids is 2. The number of carboxylic acid groups (broad SMARTS) is 1. The molecule has 1 aromatic rings. The van der Waals surface area contributed by atoms with Crippen LogP contribution in [0.1, 0.15) is 12.2 Å². The maximum atomic E-state index is 11.9. The van der Waals surface area contributed by atoms with Crippen molar-refractivity contribution in [3.8, 4) is 0 Å². The van der Waals surface area contributed by atoms with E-state index in [-0.39, 0.29) is 17.9 Å². The molecule has 20 heavy (non-hydrogen) atoms. The first-order valence-electron chi connectivity index (χ1n) is 5.75.